The number of hydrogen-bond donors (Lipinski definition) is 1. The Kier molecular flexibility index (Phi) is 4.04. The van der Waals surface area contributed by atoms with Crippen molar-refractivity contribution in [1.82, 2.24) is 14.9 Å². The van der Waals surface area contributed by atoms with Crippen molar-refractivity contribution in [2.24, 2.45) is 0 Å². The lowest BCUT2D eigenvalue weighted by Crippen LogP contribution is -2.27. The van der Waals surface area contributed by atoms with E-state index in [1.165, 1.54) is 12.1 Å². The Morgan fingerprint density at radius 3 is 2.95 bits per heavy atom. The van der Waals surface area contributed by atoms with Crippen LogP contribution in [-0.2, 0) is 11.3 Å². The van der Waals surface area contributed by atoms with Crippen LogP contribution in [0.4, 0.5) is 4.39 Å². The van der Waals surface area contributed by atoms with Crippen LogP contribution in [0.2, 0.25) is 0 Å². The number of benzene rings is 1. The summed E-state index contributed by atoms with van der Waals surface area (Å²) < 4.78 is 15.0. The van der Waals surface area contributed by atoms with Crippen LogP contribution in [0, 0.1) is 5.82 Å². The summed E-state index contributed by atoms with van der Waals surface area (Å²) in [6.07, 6.45) is 0. The summed E-state index contributed by atoms with van der Waals surface area (Å²) in [7, 11) is 0. The minimum Gasteiger partial charge on any atom is -0.355 e. The number of hydrogen-bond acceptors (Lipinski definition) is 2. The van der Waals surface area contributed by atoms with Gasteiger partial charge in [-0.05, 0) is 32.0 Å². The number of rotatable bonds is 4. The molecule has 1 unspecified atom stereocenters. The molecule has 1 heterocycles. The Hall–Kier alpha value is -1.62. The molecule has 0 aliphatic heterocycles. The number of nitrogens with zero attached hydrogens (tertiary/aromatic N) is 2. The third-order valence-electron chi connectivity index (χ3n) is 2.77. The maximum absolute atomic E-state index is 13.3. The number of halogens is 2. The molecule has 0 fully saturated rings. The van der Waals surface area contributed by atoms with Gasteiger partial charge in [-0.2, -0.15) is 0 Å². The molecular formula is C13H15ClFN3O. The van der Waals surface area contributed by atoms with Crippen molar-refractivity contribution in [3.63, 3.8) is 0 Å². The molecule has 6 heteroatoms. The largest absolute Gasteiger partial charge is 0.355 e. The van der Waals surface area contributed by atoms with E-state index < -0.39 is 0 Å². The number of carbonyl (C=O) groups excluding carboxylic acids is 1. The Labute approximate surface area is 115 Å². The molecule has 0 bridgehead atoms. The number of likely N-dealkylation sites (N-methyl/N-ethyl adjacent to an activating group) is 1. The monoisotopic (exact) mass is 283 g/mol. The summed E-state index contributed by atoms with van der Waals surface area (Å²) >= 11 is 6.07. The highest BCUT2D eigenvalue weighted by Crippen LogP contribution is 2.25. The predicted octanol–water partition coefficient (Wildman–Crippen LogP) is 2.61. The van der Waals surface area contributed by atoms with Gasteiger partial charge in [0.15, 0.2) is 0 Å². The standard InChI is InChI=1S/C13H15ClFN3O/c1-3-16-12(19)7-18-11-6-9(15)4-5-10(11)17-13(18)8(2)14/h4-6,8H,3,7H2,1-2H3,(H,16,19). The van der Waals surface area contributed by atoms with E-state index in [1.807, 2.05) is 6.92 Å². The molecule has 102 valence electrons. The second-order valence-corrected chi connectivity index (χ2v) is 4.91. The first-order valence-electron chi connectivity index (χ1n) is 6.09. The fraction of sp³-hybridized carbons (Fsp3) is 0.385. The Bertz CT molecular complexity index is 609. The minimum absolute atomic E-state index is 0.0835. The van der Waals surface area contributed by atoms with Gasteiger partial charge in [0, 0.05) is 6.54 Å². The lowest BCUT2D eigenvalue weighted by molar-refractivity contribution is -0.121. The summed E-state index contributed by atoms with van der Waals surface area (Å²) in [4.78, 5) is 16.1. The second kappa shape index (κ2) is 5.57. The van der Waals surface area contributed by atoms with E-state index in [9.17, 15) is 9.18 Å². The van der Waals surface area contributed by atoms with Crippen molar-refractivity contribution < 1.29 is 9.18 Å². The molecule has 19 heavy (non-hydrogen) atoms. The average molecular weight is 284 g/mol. The molecule has 0 aliphatic rings. The highest BCUT2D eigenvalue weighted by Gasteiger charge is 2.17. The van der Waals surface area contributed by atoms with Gasteiger partial charge in [0.2, 0.25) is 5.91 Å². The maximum Gasteiger partial charge on any atom is 0.239 e. The lowest BCUT2D eigenvalue weighted by atomic mass is 10.3. The summed E-state index contributed by atoms with van der Waals surface area (Å²) in [5.41, 5.74) is 1.21. The lowest BCUT2D eigenvalue weighted by Gasteiger charge is -2.10. The van der Waals surface area contributed by atoms with E-state index in [0.29, 0.717) is 23.4 Å². The molecule has 0 spiro atoms. The molecule has 0 saturated heterocycles. The van der Waals surface area contributed by atoms with Crippen LogP contribution >= 0.6 is 11.6 Å². The number of alkyl halides is 1. The number of amides is 1. The number of nitrogens with one attached hydrogen (secondary N) is 1. The van der Waals surface area contributed by atoms with E-state index in [0.717, 1.165) is 0 Å². The Balaban J connectivity index is 2.50. The average Bonchev–Trinajstić information content (AvgIpc) is 2.68. The minimum atomic E-state index is -0.363. The van der Waals surface area contributed by atoms with Gasteiger partial charge in [0.25, 0.3) is 0 Å². The maximum atomic E-state index is 13.3. The smallest absolute Gasteiger partial charge is 0.239 e. The van der Waals surface area contributed by atoms with Crippen LogP contribution in [-0.4, -0.2) is 22.0 Å². The van der Waals surface area contributed by atoms with Crippen molar-refractivity contribution in [2.75, 3.05) is 6.54 Å². The first-order chi connectivity index (χ1) is 9.02. The van der Waals surface area contributed by atoms with Crippen LogP contribution in [0.3, 0.4) is 0 Å². The van der Waals surface area contributed by atoms with Gasteiger partial charge < -0.3 is 9.88 Å². The van der Waals surface area contributed by atoms with Crippen LogP contribution in [0.5, 0.6) is 0 Å². The molecular weight excluding hydrogens is 269 g/mol. The van der Waals surface area contributed by atoms with Gasteiger partial charge >= 0.3 is 0 Å². The molecule has 0 radical (unpaired) electrons. The molecule has 1 atom stereocenters. The van der Waals surface area contributed by atoms with Crippen LogP contribution in [0.15, 0.2) is 18.2 Å². The second-order valence-electron chi connectivity index (χ2n) is 4.26. The van der Waals surface area contributed by atoms with Gasteiger partial charge in [-0.15, -0.1) is 11.6 Å². The Morgan fingerprint density at radius 2 is 2.32 bits per heavy atom. The van der Waals surface area contributed by atoms with Crippen molar-refractivity contribution >= 4 is 28.5 Å². The van der Waals surface area contributed by atoms with E-state index in [-0.39, 0.29) is 23.6 Å². The van der Waals surface area contributed by atoms with Gasteiger partial charge in [-0.1, -0.05) is 0 Å². The first kappa shape index (κ1) is 13.8. The zero-order valence-electron chi connectivity index (χ0n) is 10.8. The number of fused-ring (bicyclic) bond motifs is 1. The van der Waals surface area contributed by atoms with Crippen molar-refractivity contribution in [1.29, 1.82) is 0 Å². The number of aromatic nitrogens is 2. The molecule has 4 nitrogen and oxygen atoms in total. The third-order valence-corrected chi connectivity index (χ3v) is 2.97. The van der Waals surface area contributed by atoms with E-state index in [2.05, 4.69) is 10.3 Å². The third kappa shape index (κ3) is 2.87. The van der Waals surface area contributed by atoms with Gasteiger partial charge in [-0.25, -0.2) is 9.37 Å². The van der Waals surface area contributed by atoms with Gasteiger partial charge in [-0.3, -0.25) is 4.79 Å². The molecule has 1 aromatic carbocycles. The Morgan fingerprint density at radius 1 is 1.58 bits per heavy atom. The molecule has 1 N–H and O–H groups in total. The van der Waals surface area contributed by atoms with Crippen molar-refractivity contribution in [3.8, 4) is 0 Å². The SMILES string of the molecule is CCNC(=O)Cn1c(C(C)Cl)nc2ccc(F)cc21. The normalized spacial score (nSPS) is 12.6. The fourth-order valence-corrected chi connectivity index (χ4v) is 2.15. The van der Waals surface area contributed by atoms with Crippen molar-refractivity contribution in [2.45, 2.75) is 25.8 Å². The van der Waals surface area contributed by atoms with E-state index in [4.69, 9.17) is 11.6 Å². The summed E-state index contributed by atoms with van der Waals surface area (Å²) in [6.45, 7) is 4.24. The summed E-state index contributed by atoms with van der Waals surface area (Å²) in [5, 5.41) is 2.35. The van der Waals surface area contributed by atoms with Gasteiger partial charge in [0.1, 0.15) is 18.2 Å². The van der Waals surface area contributed by atoms with Crippen LogP contribution in [0.25, 0.3) is 11.0 Å². The summed E-state index contributed by atoms with van der Waals surface area (Å²) in [5.74, 6) is 0.0523. The zero-order chi connectivity index (χ0) is 14.0. The number of imidazole rings is 1. The molecule has 1 amide bonds. The molecule has 2 aromatic rings. The topological polar surface area (TPSA) is 46.9 Å². The molecule has 2 rings (SSSR count). The quantitative estimate of drug-likeness (QED) is 0.877. The molecule has 0 saturated carbocycles. The zero-order valence-corrected chi connectivity index (χ0v) is 11.5. The summed E-state index contributed by atoms with van der Waals surface area (Å²) in [6, 6.07) is 4.29. The highest BCUT2D eigenvalue weighted by atomic mass is 35.5. The van der Waals surface area contributed by atoms with Gasteiger partial charge in [0.05, 0.1) is 16.4 Å². The predicted molar refractivity (Wildman–Crippen MR) is 72.6 cm³/mol. The van der Waals surface area contributed by atoms with Crippen LogP contribution < -0.4 is 5.32 Å². The van der Waals surface area contributed by atoms with Crippen LogP contribution in [0.1, 0.15) is 25.0 Å². The molecule has 0 aliphatic carbocycles. The highest BCUT2D eigenvalue weighted by molar-refractivity contribution is 6.20. The molecule has 1 aromatic heterocycles. The fourth-order valence-electron chi connectivity index (χ4n) is 1.98. The van der Waals surface area contributed by atoms with E-state index in [1.54, 1.807) is 17.6 Å². The first-order valence-corrected chi connectivity index (χ1v) is 6.53. The van der Waals surface area contributed by atoms with E-state index >= 15 is 0 Å². The number of carbonyl (C=O) groups is 1. The van der Waals surface area contributed by atoms with Crippen molar-refractivity contribution in [3.05, 3.63) is 29.8 Å².